The molecule has 112 valence electrons. The fourth-order valence-corrected chi connectivity index (χ4v) is 2.12. The van der Waals surface area contributed by atoms with Gasteiger partial charge in [-0.15, -0.1) is 0 Å². The Morgan fingerprint density at radius 1 is 1.45 bits per heavy atom. The van der Waals surface area contributed by atoms with Gasteiger partial charge in [-0.1, -0.05) is 6.07 Å². The van der Waals surface area contributed by atoms with Crippen LogP contribution in [0.25, 0.3) is 0 Å². The van der Waals surface area contributed by atoms with E-state index in [0.717, 1.165) is 5.56 Å². The van der Waals surface area contributed by atoms with Gasteiger partial charge in [-0.2, -0.15) is 0 Å². The second-order valence-electron chi connectivity index (χ2n) is 4.37. The molecule has 0 aromatic heterocycles. The topological polar surface area (TPSA) is 125 Å². The number of carbonyl (C=O) groups excluding carboxylic acids is 1. The first-order chi connectivity index (χ1) is 9.27. The van der Waals surface area contributed by atoms with Gasteiger partial charge in [-0.3, -0.25) is 4.79 Å². The van der Waals surface area contributed by atoms with Gasteiger partial charge in [0.05, 0.1) is 17.4 Å². The Morgan fingerprint density at radius 2 is 2.10 bits per heavy atom. The first kappa shape index (κ1) is 16.6. The molecule has 5 N–H and O–H groups in total. The van der Waals surface area contributed by atoms with E-state index in [4.69, 9.17) is 15.6 Å². The lowest BCUT2D eigenvalue weighted by Crippen LogP contribution is -2.28. The van der Waals surface area contributed by atoms with E-state index in [1.165, 1.54) is 19.2 Å². The Kier molecular flexibility index (Phi) is 5.63. The van der Waals surface area contributed by atoms with Crippen LogP contribution in [0.2, 0.25) is 0 Å². The first-order valence-corrected chi connectivity index (χ1v) is 7.48. The Bertz CT molecular complexity index is 582. The SMILES string of the molecule is COC(CN)CC(=O)Nc1cc(S(N)(=O)=O)ccc1C. The second-order valence-corrected chi connectivity index (χ2v) is 5.93. The number of hydrogen-bond acceptors (Lipinski definition) is 5. The van der Waals surface area contributed by atoms with Gasteiger partial charge in [-0.25, -0.2) is 13.6 Å². The number of rotatable bonds is 6. The van der Waals surface area contributed by atoms with Crippen molar-refractivity contribution in [2.45, 2.75) is 24.3 Å². The number of nitrogens with two attached hydrogens (primary N) is 2. The molecule has 20 heavy (non-hydrogen) atoms. The minimum Gasteiger partial charge on any atom is -0.380 e. The molecule has 0 spiro atoms. The standard InChI is InChI=1S/C12H19N3O4S/c1-8-3-4-10(20(14,17)18)6-11(8)15-12(16)5-9(7-13)19-2/h3-4,6,9H,5,7,13H2,1-2H3,(H,15,16)(H2,14,17,18). The van der Waals surface area contributed by atoms with Crippen LogP contribution in [0.1, 0.15) is 12.0 Å². The lowest BCUT2D eigenvalue weighted by Gasteiger charge is -2.14. The van der Waals surface area contributed by atoms with Crippen LogP contribution in [0.5, 0.6) is 0 Å². The summed E-state index contributed by atoms with van der Waals surface area (Å²) < 4.78 is 27.6. The molecule has 0 radical (unpaired) electrons. The number of carbonyl (C=O) groups is 1. The van der Waals surface area contributed by atoms with Crippen LogP contribution in [0.4, 0.5) is 5.69 Å². The minimum absolute atomic E-state index is 0.0551. The number of sulfonamides is 1. The van der Waals surface area contributed by atoms with Gasteiger partial charge in [0, 0.05) is 19.3 Å². The van der Waals surface area contributed by atoms with Crippen molar-refractivity contribution in [2.24, 2.45) is 10.9 Å². The van der Waals surface area contributed by atoms with Crippen molar-refractivity contribution in [1.29, 1.82) is 0 Å². The van der Waals surface area contributed by atoms with E-state index >= 15 is 0 Å². The summed E-state index contributed by atoms with van der Waals surface area (Å²) in [6, 6.07) is 4.29. The highest BCUT2D eigenvalue weighted by molar-refractivity contribution is 7.89. The maximum atomic E-state index is 11.8. The molecule has 8 heteroatoms. The summed E-state index contributed by atoms with van der Waals surface area (Å²) in [6.45, 7) is 1.97. The highest BCUT2D eigenvalue weighted by atomic mass is 32.2. The van der Waals surface area contributed by atoms with E-state index in [9.17, 15) is 13.2 Å². The normalized spacial score (nSPS) is 13.0. The highest BCUT2D eigenvalue weighted by Crippen LogP contribution is 2.19. The quantitative estimate of drug-likeness (QED) is 0.679. The molecule has 1 atom stereocenters. The lowest BCUT2D eigenvalue weighted by molar-refractivity contribution is -0.118. The molecule has 1 aromatic carbocycles. The number of amides is 1. The van der Waals surface area contributed by atoms with Gasteiger partial charge in [0.2, 0.25) is 15.9 Å². The van der Waals surface area contributed by atoms with Crippen LogP contribution >= 0.6 is 0 Å². The molecule has 0 aliphatic heterocycles. The molecule has 7 nitrogen and oxygen atoms in total. The molecule has 0 fully saturated rings. The zero-order chi connectivity index (χ0) is 15.3. The number of primary sulfonamides is 1. The fourth-order valence-electron chi connectivity index (χ4n) is 1.58. The Hall–Kier alpha value is -1.48. The summed E-state index contributed by atoms with van der Waals surface area (Å²) in [5.74, 6) is -0.308. The molecule has 1 amide bonds. The number of ether oxygens (including phenoxy) is 1. The number of nitrogens with one attached hydrogen (secondary N) is 1. The zero-order valence-electron chi connectivity index (χ0n) is 11.4. The van der Waals surface area contributed by atoms with E-state index in [1.54, 1.807) is 13.0 Å². The molecular weight excluding hydrogens is 282 g/mol. The van der Waals surface area contributed by atoms with Crippen LogP contribution in [0.15, 0.2) is 23.1 Å². The number of methoxy groups -OCH3 is 1. The summed E-state index contributed by atoms with van der Waals surface area (Å²) in [5, 5.41) is 7.68. The summed E-state index contributed by atoms with van der Waals surface area (Å²) >= 11 is 0. The van der Waals surface area contributed by atoms with Gasteiger partial charge in [0.15, 0.2) is 0 Å². The van der Waals surface area contributed by atoms with Crippen molar-refractivity contribution in [1.82, 2.24) is 0 Å². The van der Waals surface area contributed by atoms with Crippen LogP contribution in [0.3, 0.4) is 0 Å². The fraction of sp³-hybridized carbons (Fsp3) is 0.417. The highest BCUT2D eigenvalue weighted by Gasteiger charge is 2.14. The number of hydrogen-bond donors (Lipinski definition) is 3. The molecule has 0 saturated heterocycles. The summed E-state index contributed by atoms with van der Waals surface area (Å²) in [7, 11) is -2.34. The van der Waals surface area contributed by atoms with Gasteiger partial charge in [-0.05, 0) is 24.6 Å². The maximum absolute atomic E-state index is 11.8. The van der Waals surface area contributed by atoms with Crippen LogP contribution in [-0.2, 0) is 19.6 Å². The van der Waals surface area contributed by atoms with Crippen molar-refractivity contribution >= 4 is 21.6 Å². The zero-order valence-corrected chi connectivity index (χ0v) is 12.2. The van der Waals surface area contributed by atoms with E-state index in [0.29, 0.717) is 5.69 Å². The molecule has 0 aliphatic rings. The average molecular weight is 301 g/mol. The number of aryl methyl sites for hydroxylation is 1. The summed E-state index contributed by atoms with van der Waals surface area (Å²) in [5.41, 5.74) is 6.56. The van der Waals surface area contributed by atoms with Crippen molar-refractivity contribution in [3.05, 3.63) is 23.8 Å². The van der Waals surface area contributed by atoms with Crippen molar-refractivity contribution < 1.29 is 17.9 Å². The number of benzene rings is 1. The largest absolute Gasteiger partial charge is 0.380 e. The van der Waals surface area contributed by atoms with Crippen molar-refractivity contribution in [2.75, 3.05) is 19.0 Å². The van der Waals surface area contributed by atoms with Crippen LogP contribution < -0.4 is 16.2 Å². The molecule has 0 bridgehead atoms. The smallest absolute Gasteiger partial charge is 0.238 e. The summed E-state index contributed by atoms with van der Waals surface area (Å²) in [4.78, 5) is 11.8. The van der Waals surface area contributed by atoms with Gasteiger partial charge in [0.25, 0.3) is 0 Å². The molecule has 0 heterocycles. The van der Waals surface area contributed by atoms with E-state index in [1.807, 2.05) is 0 Å². The van der Waals surface area contributed by atoms with Gasteiger partial charge >= 0.3 is 0 Å². The van der Waals surface area contributed by atoms with E-state index in [-0.39, 0.29) is 29.9 Å². The van der Waals surface area contributed by atoms with Crippen molar-refractivity contribution in [3.63, 3.8) is 0 Å². The van der Waals surface area contributed by atoms with Crippen LogP contribution in [-0.4, -0.2) is 34.1 Å². The third-order valence-corrected chi connectivity index (χ3v) is 3.73. The Labute approximate surface area is 118 Å². The van der Waals surface area contributed by atoms with E-state index < -0.39 is 10.0 Å². The Balaban J connectivity index is 2.89. The third kappa shape index (κ3) is 4.57. The predicted molar refractivity (Wildman–Crippen MR) is 75.7 cm³/mol. The summed E-state index contributed by atoms with van der Waals surface area (Å²) in [6.07, 6.45) is -0.289. The minimum atomic E-state index is -3.81. The maximum Gasteiger partial charge on any atom is 0.238 e. The molecule has 0 aliphatic carbocycles. The first-order valence-electron chi connectivity index (χ1n) is 5.94. The third-order valence-electron chi connectivity index (χ3n) is 2.82. The van der Waals surface area contributed by atoms with Gasteiger partial charge < -0.3 is 15.8 Å². The second kappa shape index (κ2) is 6.80. The molecule has 1 unspecified atom stereocenters. The van der Waals surface area contributed by atoms with E-state index in [2.05, 4.69) is 5.32 Å². The average Bonchev–Trinajstić information content (AvgIpc) is 2.37. The van der Waals surface area contributed by atoms with Gasteiger partial charge in [0.1, 0.15) is 0 Å². The molecule has 0 saturated carbocycles. The lowest BCUT2D eigenvalue weighted by atomic mass is 10.2. The Morgan fingerprint density at radius 3 is 2.60 bits per heavy atom. The van der Waals surface area contributed by atoms with Crippen molar-refractivity contribution in [3.8, 4) is 0 Å². The molecule has 1 rings (SSSR count). The monoisotopic (exact) mass is 301 g/mol. The predicted octanol–water partition coefficient (Wildman–Crippen LogP) is -0.0553. The number of anilines is 1. The van der Waals surface area contributed by atoms with Crippen LogP contribution in [0, 0.1) is 6.92 Å². The molecular formula is C12H19N3O4S. The molecule has 1 aromatic rings.